The number of anilines is 3. The molecule has 1 aliphatic rings. The second kappa shape index (κ2) is 8.55. The fraction of sp³-hybridized carbons (Fsp3) is 0.263. The number of benzene rings is 2. The second-order valence-electron chi connectivity index (χ2n) is 6.36. The summed E-state index contributed by atoms with van der Waals surface area (Å²) in [5, 5.41) is 16.7. The lowest BCUT2D eigenvalue weighted by atomic mass is 10.0. The highest BCUT2D eigenvalue weighted by atomic mass is 16.7. The second-order valence-corrected chi connectivity index (χ2v) is 6.36. The molecule has 11 heteroatoms. The standard InChI is InChI=1S/C19H20N4O7/c1-3-28-19(25)22-12-7-13(20)17(23(26)27)14(8-12)21-10(2)18(24)11-4-5-15-16(6-11)30-9-29-15/h4-8,10,21H,3,9,20H2,1-2H3,(H,22,25). The van der Waals surface area contributed by atoms with Crippen LogP contribution in [0.5, 0.6) is 11.5 Å². The molecule has 0 radical (unpaired) electrons. The Hall–Kier alpha value is -4.02. The SMILES string of the molecule is CCOC(=O)Nc1cc(N)c([N+](=O)[O-])c(NC(C)C(=O)c2ccc3c(c2)OCO3)c1. The van der Waals surface area contributed by atoms with Gasteiger partial charge in [0.25, 0.3) is 0 Å². The molecule has 0 fully saturated rings. The van der Waals surface area contributed by atoms with E-state index >= 15 is 0 Å². The number of hydrogen-bond donors (Lipinski definition) is 3. The van der Waals surface area contributed by atoms with E-state index in [2.05, 4.69) is 10.6 Å². The fourth-order valence-corrected chi connectivity index (χ4v) is 2.93. The van der Waals surface area contributed by atoms with Gasteiger partial charge in [-0.2, -0.15) is 0 Å². The Morgan fingerprint density at radius 1 is 1.27 bits per heavy atom. The number of amides is 1. The Morgan fingerprint density at radius 3 is 2.70 bits per heavy atom. The molecule has 2 aromatic rings. The Kier molecular flexibility index (Phi) is 5.90. The van der Waals surface area contributed by atoms with Crippen molar-refractivity contribution >= 4 is 34.6 Å². The number of nitrogens with one attached hydrogen (secondary N) is 2. The number of hydrogen-bond acceptors (Lipinski definition) is 9. The van der Waals surface area contributed by atoms with Crippen molar-refractivity contribution in [1.82, 2.24) is 0 Å². The van der Waals surface area contributed by atoms with Gasteiger partial charge in [0.05, 0.1) is 17.6 Å². The van der Waals surface area contributed by atoms with E-state index in [1.807, 2.05) is 0 Å². The molecule has 0 aromatic heterocycles. The first kappa shape index (κ1) is 20.7. The molecule has 4 N–H and O–H groups in total. The van der Waals surface area contributed by atoms with Gasteiger partial charge in [-0.25, -0.2) is 4.79 Å². The van der Waals surface area contributed by atoms with E-state index in [0.29, 0.717) is 17.1 Å². The zero-order valence-corrected chi connectivity index (χ0v) is 16.3. The lowest BCUT2D eigenvalue weighted by Crippen LogP contribution is -2.27. The highest BCUT2D eigenvalue weighted by molar-refractivity contribution is 6.02. The van der Waals surface area contributed by atoms with Crippen molar-refractivity contribution < 1.29 is 28.7 Å². The van der Waals surface area contributed by atoms with Crippen LogP contribution < -0.4 is 25.8 Å². The van der Waals surface area contributed by atoms with Gasteiger partial charge in [0.15, 0.2) is 17.3 Å². The molecule has 0 spiro atoms. The number of ketones is 1. The predicted molar refractivity (Wildman–Crippen MR) is 108 cm³/mol. The van der Waals surface area contributed by atoms with Crippen molar-refractivity contribution in [2.24, 2.45) is 0 Å². The molecule has 0 saturated carbocycles. The van der Waals surface area contributed by atoms with E-state index in [0.717, 1.165) is 0 Å². The van der Waals surface area contributed by atoms with Gasteiger partial charge in [-0.1, -0.05) is 0 Å². The number of nitrogen functional groups attached to an aromatic ring is 1. The summed E-state index contributed by atoms with van der Waals surface area (Å²) in [4.78, 5) is 35.3. The van der Waals surface area contributed by atoms with Crippen molar-refractivity contribution in [3.63, 3.8) is 0 Å². The maximum absolute atomic E-state index is 12.8. The number of carbonyl (C=O) groups is 2. The zero-order chi connectivity index (χ0) is 21.8. The van der Waals surface area contributed by atoms with Gasteiger partial charge in [0.2, 0.25) is 6.79 Å². The number of fused-ring (bicyclic) bond motifs is 1. The predicted octanol–water partition coefficient (Wildman–Crippen LogP) is 3.16. The van der Waals surface area contributed by atoms with Crippen LogP contribution in [0.1, 0.15) is 24.2 Å². The van der Waals surface area contributed by atoms with Crippen molar-refractivity contribution in [2.75, 3.05) is 29.8 Å². The number of Topliss-reactive ketones (excluding diaryl/α,β-unsaturated/α-hetero) is 1. The smallest absolute Gasteiger partial charge is 0.411 e. The monoisotopic (exact) mass is 416 g/mol. The summed E-state index contributed by atoms with van der Waals surface area (Å²) >= 11 is 0. The molecule has 0 bridgehead atoms. The molecule has 1 amide bonds. The summed E-state index contributed by atoms with van der Waals surface area (Å²) < 4.78 is 15.3. The fourth-order valence-electron chi connectivity index (χ4n) is 2.93. The average Bonchev–Trinajstić information content (AvgIpc) is 3.14. The number of nitrogens with zero attached hydrogens (tertiary/aromatic N) is 1. The van der Waals surface area contributed by atoms with Gasteiger partial charge in [-0.3, -0.25) is 20.2 Å². The lowest BCUT2D eigenvalue weighted by Gasteiger charge is -2.16. The third-order valence-electron chi connectivity index (χ3n) is 4.27. The number of nitrogens with two attached hydrogens (primary N) is 1. The highest BCUT2D eigenvalue weighted by Gasteiger charge is 2.25. The first-order valence-corrected chi connectivity index (χ1v) is 9.02. The summed E-state index contributed by atoms with van der Waals surface area (Å²) in [5.74, 6) is 0.655. The van der Waals surface area contributed by atoms with E-state index in [9.17, 15) is 19.7 Å². The Labute approximate surface area is 171 Å². The number of nitro benzene ring substituents is 1. The minimum absolute atomic E-state index is 0.0200. The Balaban J connectivity index is 1.86. The van der Waals surface area contributed by atoms with Crippen LogP contribution in [0.2, 0.25) is 0 Å². The molecule has 3 rings (SSSR count). The summed E-state index contributed by atoms with van der Waals surface area (Å²) in [5.41, 5.74) is 5.72. The van der Waals surface area contributed by atoms with Gasteiger partial charge in [-0.05, 0) is 44.2 Å². The number of carbonyl (C=O) groups excluding carboxylic acids is 2. The minimum atomic E-state index is -0.846. The van der Waals surface area contributed by atoms with E-state index in [1.165, 1.54) is 12.1 Å². The maximum atomic E-state index is 12.8. The average molecular weight is 416 g/mol. The van der Waals surface area contributed by atoms with Crippen molar-refractivity contribution in [3.8, 4) is 11.5 Å². The van der Waals surface area contributed by atoms with E-state index < -0.39 is 22.7 Å². The number of rotatable bonds is 7. The first-order chi connectivity index (χ1) is 14.3. The lowest BCUT2D eigenvalue weighted by molar-refractivity contribution is -0.383. The molecule has 2 aromatic carbocycles. The van der Waals surface area contributed by atoms with Crippen molar-refractivity contribution in [2.45, 2.75) is 19.9 Å². The van der Waals surface area contributed by atoms with Gasteiger partial charge in [0.1, 0.15) is 11.4 Å². The third-order valence-corrected chi connectivity index (χ3v) is 4.27. The van der Waals surface area contributed by atoms with Crippen LogP contribution in [0, 0.1) is 10.1 Å². The molecular formula is C19H20N4O7. The molecule has 30 heavy (non-hydrogen) atoms. The van der Waals surface area contributed by atoms with Crippen molar-refractivity contribution in [3.05, 3.63) is 46.0 Å². The first-order valence-electron chi connectivity index (χ1n) is 9.02. The maximum Gasteiger partial charge on any atom is 0.411 e. The molecule has 0 saturated heterocycles. The van der Waals surface area contributed by atoms with Crippen LogP contribution in [0.25, 0.3) is 0 Å². The van der Waals surface area contributed by atoms with Crippen LogP contribution in [-0.4, -0.2) is 36.2 Å². The molecule has 1 unspecified atom stereocenters. The quantitative estimate of drug-likeness (QED) is 0.267. The van der Waals surface area contributed by atoms with E-state index in [4.69, 9.17) is 19.9 Å². The molecular weight excluding hydrogens is 396 g/mol. The number of ether oxygens (including phenoxy) is 3. The molecule has 0 aliphatic carbocycles. The summed E-state index contributed by atoms with van der Waals surface area (Å²) in [6.45, 7) is 3.42. The van der Waals surface area contributed by atoms with Gasteiger partial charge in [0, 0.05) is 11.3 Å². The van der Waals surface area contributed by atoms with Gasteiger partial charge in [-0.15, -0.1) is 0 Å². The highest BCUT2D eigenvalue weighted by Crippen LogP contribution is 2.36. The van der Waals surface area contributed by atoms with E-state index in [-0.39, 0.29) is 36.2 Å². The summed E-state index contributed by atoms with van der Waals surface area (Å²) in [6.07, 6.45) is -0.735. The Morgan fingerprint density at radius 2 is 2.00 bits per heavy atom. The molecule has 1 heterocycles. The Bertz CT molecular complexity index is 1010. The third kappa shape index (κ3) is 4.35. The molecule has 11 nitrogen and oxygen atoms in total. The van der Waals surface area contributed by atoms with Crippen LogP contribution in [0.4, 0.5) is 27.5 Å². The minimum Gasteiger partial charge on any atom is -0.454 e. The molecule has 158 valence electrons. The summed E-state index contributed by atoms with van der Waals surface area (Å²) in [6, 6.07) is 6.45. The van der Waals surface area contributed by atoms with Gasteiger partial charge < -0.3 is 25.3 Å². The largest absolute Gasteiger partial charge is 0.454 e. The number of nitro groups is 1. The van der Waals surface area contributed by atoms with Crippen LogP contribution >= 0.6 is 0 Å². The van der Waals surface area contributed by atoms with Crippen molar-refractivity contribution in [1.29, 1.82) is 0 Å². The summed E-state index contributed by atoms with van der Waals surface area (Å²) in [7, 11) is 0. The van der Waals surface area contributed by atoms with Crippen LogP contribution in [0.3, 0.4) is 0 Å². The normalized spacial score (nSPS) is 12.7. The van der Waals surface area contributed by atoms with Crippen LogP contribution in [-0.2, 0) is 4.74 Å². The zero-order valence-electron chi connectivity index (χ0n) is 16.3. The van der Waals surface area contributed by atoms with Crippen LogP contribution in [0.15, 0.2) is 30.3 Å². The molecule has 1 atom stereocenters. The molecule has 1 aliphatic heterocycles. The van der Waals surface area contributed by atoms with Gasteiger partial charge >= 0.3 is 11.8 Å². The van der Waals surface area contributed by atoms with E-state index in [1.54, 1.807) is 32.0 Å². The topological polar surface area (TPSA) is 155 Å².